The van der Waals surface area contributed by atoms with Gasteiger partial charge in [-0.15, -0.1) is 0 Å². The molecular formula is C15H12N6O. The molecule has 0 saturated heterocycles. The van der Waals surface area contributed by atoms with E-state index >= 15 is 0 Å². The van der Waals surface area contributed by atoms with Crippen LogP contribution in [0.4, 0.5) is 0 Å². The topological polar surface area (TPSA) is 95.9 Å². The number of benzene rings is 1. The maximum Gasteiger partial charge on any atom is 0.240 e. The Hall–Kier alpha value is -3.09. The summed E-state index contributed by atoms with van der Waals surface area (Å²) in [6, 6.07) is 5.87. The molecule has 1 amide bonds. The molecule has 7 nitrogen and oxygen atoms in total. The Kier molecular flexibility index (Phi) is 2.89. The lowest BCUT2D eigenvalue weighted by molar-refractivity contribution is -0.121. The average Bonchev–Trinajstić information content (AvgIpc) is 2.99. The van der Waals surface area contributed by atoms with Gasteiger partial charge in [-0.2, -0.15) is 5.10 Å². The second-order valence-corrected chi connectivity index (χ2v) is 5.00. The first-order valence-electron chi connectivity index (χ1n) is 6.91. The van der Waals surface area contributed by atoms with E-state index in [0.29, 0.717) is 24.4 Å². The molecule has 22 heavy (non-hydrogen) atoms. The molecule has 1 aliphatic heterocycles. The SMILES string of the molecule is O=C1CCC(c2ccc3nc(-c4cnccn4)[nH]c3c2)=NN1. The monoisotopic (exact) mass is 292 g/mol. The summed E-state index contributed by atoms with van der Waals surface area (Å²) >= 11 is 0. The number of H-pyrrole nitrogens is 1. The highest BCUT2D eigenvalue weighted by Crippen LogP contribution is 2.20. The minimum absolute atomic E-state index is 0.0451. The van der Waals surface area contributed by atoms with Gasteiger partial charge < -0.3 is 4.98 Å². The van der Waals surface area contributed by atoms with Crippen molar-refractivity contribution in [2.24, 2.45) is 5.10 Å². The molecule has 3 aromatic rings. The summed E-state index contributed by atoms with van der Waals surface area (Å²) in [5.41, 5.74) is 6.81. The third-order valence-corrected chi connectivity index (χ3v) is 3.53. The second kappa shape index (κ2) is 5.03. The molecular weight excluding hydrogens is 280 g/mol. The van der Waals surface area contributed by atoms with Crippen molar-refractivity contribution in [1.29, 1.82) is 0 Å². The van der Waals surface area contributed by atoms with Crippen LogP contribution in [0.1, 0.15) is 18.4 Å². The molecule has 0 aliphatic carbocycles. The predicted molar refractivity (Wildman–Crippen MR) is 81.0 cm³/mol. The fourth-order valence-electron chi connectivity index (χ4n) is 2.41. The van der Waals surface area contributed by atoms with Crippen LogP contribution in [0.3, 0.4) is 0 Å². The van der Waals surface area contributed by atoms with E-state index < -0.39 is 0 Å². The molecule has 0 radical (unpaired) electrons. The van der Waals surface area contributed by atoms with E-state index in [9.17, 15) is 4.79 Å². The van der Waals surface area contributed by atoms with Crippen LogP contribution in [0.15, 0.2) is 41.9 Å². The lowest BCUT2D eigenvalue weighted by Crippen LogP contribution is -2.25. The highest BCUT2D eigenvalue weighted by molar-refractivity contribution is 6.05. The van der Waals surface area contributed by atoms with Crippen molar-refractivity contribution < 1.29 is 4.79 Å². The van der Waals surface area contributed by atoms with Gasteiger partial charge in [0.2, 0.25) is 5.91 Å². The Morgan fingerprint density at radius 3 is 2.86 bits per heavy atom. The quantitative estimate of drug-likeness (QED) is 0.750. The Balaban J connectivity index is 1.74. The van der Waals surface area contributed by atoms with E-state index in [-0.39, 0.29) is 5.91 Å². The van der Waals surface area contributed by atoms with Gasteiger partial charge in [0.15, 0.2) is 5.82 Å². The minimum atomic E-state index is -0.0451. The van der Waals surface area contributed by atoms with Crippen molar-refractivity contribution in [3.05, 3.63) is 42.4 Å². The third kappa shape index (κ3) is 2.22. The van der Waals surface area contributed by atoms with Gasteiger partial charge in [-0.25, -0.2) is 15.4 Å². The molecule has 0 unspecified atom stereocenters. The number of aromatic nitrogens is 4. The molecule has 0 atom stereocenters. The van der Waals surface area contributed by atoms with Gasteiger partial charge in [-0.3, -0.25) is 9.78 Å². The summed E-state index contributed by atoms with van der Waals surface area (Å²) < 4.78 is 0. The number of carbonyl (C=O) groups excluding carboxylic acids is 1. The van der Waals surface area contributed by atoms with Crippen molar-refractivity contribution in [2.45, 2.75) is 12.8 Å². The first kappa shape index (κ1) is 12.6. The first-order chi connectivity index (χ1) is 10.8. The molecule has 2 N–H and O–H groups in total. The van der Waals surface area contributed by atoms with E-state index in [1.54, 1.807) is 18.6 Å². The summed E-state index contributed by atoms with van der Waals surface area (Å²) in [6.07, 6.45) is 6.03. The van der Waals surface area contributed by atoms with Gasteiger partial charge in [0.1, 0.15) is 5.69 Å². The van der Waals surface area contributed by atoms with Crippen LogP contribution in [0.2, 0.25) is 0 Å². The zero-order valence-corrected chi connectivity index (χ0v) is 11.6. The lowest BCUT2D eigenvalue weighted by atomic mass is 10.0. The summed E-state index contributed by atoms with van der Waals surface area (Å²) in [5, 5.41) is 4.11. The van der Waals surface area contributed by atoms with Gasteiger partial charge in [-0.1, -0.05) is 6.07 Å². The molecule has 4 rings (SSSR count). The van der Waals surface area contributed by atoms with Crippen LogP contribution in [0.25, 0.3) is 22.6 Å². The number of carbonyl (C=O) groups is 1. The van der Waals surface area contributed by atoms with Gasteiger partial charge >= 0.3 is 0 Å². The zero-order valence-electron chi connectivity index (χ0n) is 11.6. The van der Waals surface area contributed by atoms with Gasteiger partial charge in [0.05, 0.1) is 22.9 Å². The number of nitrogens with zero attached hydrogens (tertiary/aromatic N) is 4. The molecule has 1 aliphatic rings. The fraction of sp³-hybridized carbons (Fsp3) is 0.133. The highest BCUT2D eigenvalue weighted by Gasteiger charge is 2.14. The van der Waals surface area contributed by atoms with Gasteiger partial charge in [0.25, 0.3) is 0 Å². The summed E-state index contributed by atoms with van der Waals surface area (Å²) in [4.78, 5) is 27.2. The summed E-state index contributed by atoms with van der Waals surface area (Å²) in [5.74, 6) is 0.635. The van der Waals surface area contributed by atoms with Crippen LogP contribution in [-0.2, 0) is 4.79 Å². The Bertz CT molecular complexity index is 883. The van der Waals surface area contributed by atoms with Gasteiger partial charge in [0, 0.05) is 25.2 Å². The van der Waals surface area contributed by atoms with E-state index in [1.165, 1.54) is 0 Å². The Labute approximate surface area is 125 Å². The number of hydrogen-bond donors (Lipinski definition) is 2. The summed E-state index contributed by atoms with van der Waals surface area (Å²) in [7, 11) is 0. The van der Waals surface area contributed by atoms with Crippen LogP contribution < -0.4 is 5.43 Å². The maximum absolute atomic E-state index is 11.2. The van der Waals surface area contributed by atoms with E-state index in [1.807, 2.05) is 18.2 Å². The Morgan fingerprint density at radius 1 is 1.14 bits per heavy atom. The maximum atomic E-state index is 11.2. The Morgan fingerprint density at radius 2 is 2.09 bits per heavy atom. The summed E-state index contributed by atoms with van der Waals surface area (Å²) in [6.45, 7) is 0. The molecule has 2 aromatic heterocycles. The molecule has 0 fully saturated rings. The van der Waals surface area contributed by atoms with Crippen LogP contribution in [-0.4, -0.2) is 31.6 Å². The number of fused-ring (bicyclic) bond motifs is 1. The standard InChI is InChI=1S/C15H12N6O/c22-14-4-3-10(20-21-14)9-1-2-11-12(7-9)19-15(18-11)13-8-16-5-6-17-13/h1-2,5-8H,3-4H2,(H,18,19)(H,21,22). The molecule has 0 spiro atoms. The van der Waals surface area contributed by atoms with Crippen molar-refractivity contribution in [3.63, 3.8) is 0 Å². The van der Waals surface area contributed by atoms with E-state index in [4.69, 9.17) is 0 Å². The van der Waals surface area contributed by atoms with Crippen molar-refractivity contribution in [2.75, 3.05) is 0 Å². The highest BCUT2D eigenvalue weighted by atomic mass is 16.2. The van der Waals surface area contributed by atoms with Crippen LogP contribution in [0.5, 0.6) is 0 Å². The number of rotatable bonds is 2. The van der Waals surface area contributed by atoms with Crippen molar-refractivity contribution in [1.82, 2.24) is 25.4 Å². The number of imidazole rings is 1. The molecule has 108 valence electrons. The lowest BCUT2D eigenvalue weighted by Gasteiger charge is -2.11. The van der Waals surface area contributed by atoms with Crippen LogP contribution in [0, 0.1) is 0 Å². The second-order valence-electron chi connectivity index (χ2n) is 5.00. The van der Waals surface area contributed by atoms with Crippen molar-refractivity contribution >= 4 is 22.7 Å². The molecule has 0 saturated carbocycles. The predicted octanol–water partition coefficient (Wildman–Crippen LogP) is 1.63. The molecule has 1 aromatic carbocycles. The fourth-order valence-corrected chi connectivity index (χ4v) is 2.41. The van der Waals surface area contributed by atoms with Crippen LogP contribution >= 0.6 is 0 Å². The largest absolute Gasteiger partial charge is 0.337 e. The molecule has 0 bridgehead atoms. The number of amides is 1. The molecule has 7 heteroatoms. The molecule has 3 heterocycles. The minimum Gasteiger partial charge on any atom is -0.337 e. The number of aromatic amines is 1. The normalized spacial score (nSPS) is 14.7. The average molecular weight is 292 g/mol. The van der Waals surface area contributed by atoms with E-state index in [2.05, 4.69) is 30.5 Å². The smallest absolute Gasteiger partial charge is 0.240 e. The van der Waals surface area contributed by atoms with E-state index in [0.717, 1.165) is 22.3 Å². The number of hydrazone groups is 1. The van der Waals surface area contributed by atoms with Gasteiger partial charge in [-0.05, 0) is 17.7 Å². The zero-order chi connectivity index (χ0) is 14.9. The number of hydrogen-bond acceptors (Lipinski definition) is 5. The number of nitrogens with one attached hydrogen (secondary N) is 2. The third-order valence-electron chi connectivity index (χ3n) is 3.53. The first-order valence-corrected chi connectivity index (χ1v) is 6.91. The van der Waals surface area contributed by atoms with Crippen molar-refractivity contribution in [3.8, 4) is 11.5 Å².